The Bertz CT molecular complexity index is 754. The zero-order valence-electron chi connectivity index (χ0n) is 13.9. The Morgan fingerprint density at radius 1 is 1.17 bits per heavy atom. The summed E-state index contributed by atoms with van der Waals surface area (Å²) in [6.07, 6.45) is 5.72. The molecule has 1 aliphatic heterocycles. The molecule has 1 aromatic carbocycles. The van der Waals surface area contributed by atoms with Gasteiger partial charge in [0.25, 0.3) is 0 Å². The number of ether oxygens (including phenoxy) is 2. The molecule has 2 aromatic rings. The van der Waals surface area contributed by atoms with E-state index in [-0.39, 0.29) is 11.4 Å². The number of rotatable bonds is 4. The van der Waals surface area contributed by atoms with E-state index in [1.165, 1.54) is 12.1 Å². The van der Waals surface area contributed by atoms with Crippen molar-refractivity contribution in [2.45, 2.75) is 51.2 Å². The van der Waals surface area contributed by atoms with Crippen molar-refractivity contribution in [2.75, 3.05) is 0 Å². The van der Waals surface area contributed by atoms with E-state index in [4.69, 9.17) is 9.47 Å². The largest absolute Gasteiger partial charge is 0.461 e. The van der Waals surface area contributed by atoms with Crippen LogP contribution in [0.15, 0.2) is 36.7 Å². The first kappa shape index (κ1) is 15.5. The molecule has 0 bridgehead atoms. The van der Waals surface area contributed by atoms with Crippen molar-refractivity contribution in [1.82, 2.24) is 10.3 Å². The van der Waals surface area contributed by atoms with Gasteiger partial charge in [0, 0.05) is 37.7 Å². The van der Waals surface area contributed by atoms with Crippen molar-refractivity contribution >= 4 is 0 Å². The molecule has 4 rings (SSSR count). The van der Waals surface area contributed by atoms with E-state index >= 15 is 0 Å². The Balaban J connectivity index is 1.52. The lowest BCUT2D eigenvalue weighted by Gasteiger charge is -2.33. The molecule has 0 amide bonds. The van der Waals surface area contributed by atoms with Crippen LogP contribution < -0.4 is 10.1 Å². The Kier molecular flexibility index (Phi) is 3.58. The molecule has 1 N–H and O–H groups in total. The summed E-state index contributed by atoms with van der Waals surface area (Å²) in [5.74, 6) is -0.0306. The highest BCUT2D eigenvalue weighted by atomic mass is 19.1. The fourth-order valence-corrected chi connectivity index (χ4v) is 3.18. The molecule has 2 aliphatic rings. The smallest absolute Gasteiger partial charge is 0.205 e. The molecule has 24 heavy (non-hydrogen) atoms. The normalized spacial score (nSPS) is 20.1. The van der Waals surface area contributed by atoms with Crippen LogP contribution in [0.4, 0.5) is 4.39 Å². The van der Waals surface area contributed by atoms with E-state index in [0.717, 1.165) is 35.3 Å². The first-order valence-electron chi connectivity index (χ1n) is 8.27. The van der Waals surface area contributed by atoms with E-state index in [9.17, 15) is 4.39 Å². The van der Waals surface area contributed by atoms with Gasteiger partial charge in [0.15, 0.2) is 0 Å². The van der Waals surface area contributed by atoms with Crippen molar-refractivity contribution in [3.8, 4) is 5.75 Å². The molecule has 126 valence electrons. The monoisotopic (exact) mass is 328 g/mol. The lowest BCUT2D eigenvalue weighted by Crippen LogP contribution is -2.36. The molecule has 0 radical (unpaired) electrons. The van der Waals surface area contributed by atoms with Crippen molar-refractivity contribution < 1.29 is 13.9 Å². The zero-order chi connectivity index (χ0) is 16.8. The summed E-state index contributed by atoms with van der Waals surface area (Å²) in [7, 11) is 0. The summed E-state index contributed by atoms with van der Waals surface area (Å²) >= 11 is 0. The van der Waals surface area contributed by atoms with Crippen LogP contribution in [0.2, 0.25) is 0 Å². The van der Waals surface area contributed by atoms with Crippen LogP contribution in [0, 0.1) is 5.82 Å². The van der Waals surface area contributed by atoms with Gasteiger partial charge in [-0.25, -0.2) is 4.39 Å². The molecule has 1 aliphatic carbocycles. The third-order valence-electron chi connectivity index (χ3n) is 4.79. The van der Waals surface area contributed by atoms with Crippen LogP contribution in [0.1, 0.15) is 43.4 Å². The van der Waals surface area contributed by atoms with Crippen LogP contribution in [0.3, 0.4) is 0 Å². The summed E-state index contributed by atoms with van der Waals surface area (Å²) in [6, 6.07) is 6.77. The fraction of sp³-hybridized carbons (Fsp3) is 0.421. The lowest BCUT2D eigenvalue weighted by molar-refractivity contribution is -0.180. The van der Waals surface area contributed by atoms with Crippen LogP contribution >= 0.6 is 0 Å². The van der Waals surface area contributed by atoms with Gasteiger partial charge in [0.2, 0.25) is 5.79 Å². The number of hydrogen-bond donors (Lipinski definition) is 1. The second-order valence-electron chi connectivity index (χ2n) is 7.01. The average Bonchev–Trinajstić information content (AvgIpc) is 3.33. The number of halogens is 1. The SMILES string of the molecule is CC1(C)OCc2c(CNC3(c4ccc(F)cc4)CC3)cncc2O1. The van der Waals surface area contributed by atoms with Crippen LogP contribution in [-0.4, -0.2) is 10.8 Å². The molecule has 1 saturated carbocycles. The summed E-state index contributed by atoms with van der Waals surface area (Å²) in [4.78, 5) is 4.30. The minimum Gasteiger partial charge on any atom is -0.461 e. The van der Waals surface area contributed by atoms with Crippen molar-refractivity contribution in [1.29, 1.82) is 0 Å². The van der Waals surface area contributed by atoms with Crippen LogP contribution in [0.25, 0.3) is 0 Å². The van der Waals surface area contributed by atoms with Gasteiger partial charge >= 0.3 is 0 Å². The van der Waals surface area contributed by atoms with E-state index in [2.05, 4.69) is 10.3 Å². The van der Waals surface area contributed by atoms with Crippen molar-refractivity contribution in [2.24, 2.45) is 0 Å². The summed E-state index contributed by atoms with van der Waals surface area (Å²) < 4.78 is 24.8. The number of nitrogens with zero attached hydrogens (tertiary/aromatic N) is 1. The Labute approximate surface area is 141 Å². The average molecular weight is 328 g/mol. The molecular weight excluding hydrogens is 307 g/mol. The van der Waals surface area contributed by atoms with Gasteiger partial charge in [0.1, 0.15) is 11.6 Å². The van der Waals surface area contributed by atoms with Gasteiger partial charge in [-0.1, -0.05) is 12.1 Å². The highest BCUT2D eigenvalue weighted by Crippen LogP contribution is 2.46. The number of pyridine rings is 1. The Morgan fingerprint density at radius 2 is 1.92 bits per heavy atom. The molecule has 1 fully saturated rings. The fourth-order valence-electron chi connectivity index (χ4n) is 3.18. The summed E-state index contributed by atoms with van der Waals surface area (Å²) in [6.45, 7) is 5.00. The van der Waals surface area contributed by atoms with E-state index in [0.29, 0.717) is 13.2 Å². The third kappa shape index (κ3) is 2.89. The highest BCUT2D eigenvalue weighted by molar-refractivity contribution is 5.39. The molecule has 0 atom stereocenters. The van der Waals surface area contributed by atoms with E-state index < -0.39 is 5.79 Å². The molecule has 0 unspecified atom stereocenters. The minimum absolute atomic E-state index is 0.0495. The highest BCUT2D eigenvalue weighted by Gasteiger charge is 2.44. The number of nitrogens with one attached hydrogen (secondary N) is 1. The Morgan fingerprint density at radius 3 is 2.62 bits per heavy atom. The first-order chi connectivity index (χ1) is 11.5. The summed E-state index contributed by atoms with van der Waals surface area (Å²) in [5.41, 5.74) is 3.21. The number of fused-ring (bicyclic) bond motifs is 1. The maximum absolute atomic E-state index is 13.1. The van der Waals surface area contributed by atoms with Gasteiger partial charge in [-0.05, 0) is 36.1 Å². The zero-order valence-corrected chi connectivity index (χ0v) is 13.9. The predicted octanol–water partition coefficient (Wildman–Crippen LogP) is 3.64. The molecular formula is C19H21FN2O2. The standard InChI is InChI=1S/C19H21FN2O2/c1-18(2)23-12-16-13(9-21-11-17(16)24-18)10-22-19(7-8-19)14-3-5-15(20)6-4-14/h3-6,9,11,22H,7-8,10,12H2,1-2H3. The van der Waals surface area contributed by atoms with Crippen LogP contribution in [-0.2, 0) is 23.4 Å². The third-order valence-corrected chi connectivity index (χ3v) is 4.79. The van der Waals surface area contributed by atoms with Gasteiger partial charge in [-0.2, -0.15) is 0 Å². The Hall–Kier alpha value is -1.98. The molecule has 2 heterocycles. The summed E-state index contributed by atoms with van der Waals surface area (Å²) in [5, 5.41) is 3.62. The van der Waals surface area contributed by atoms with Crippen molar-refractivity contribution in [3.63, 3.8) is 0 Å². The quantitative estimate of drug-likeness (QED) is 0.930. The van der Waals surface area contributed by atoms with Gasteiger partial charge in [-0.15, -0.1) is 0 Å². The number of aromatic nitrogens is 1. The second-order valence-corrected chi connectivity index (χ2v) is 7.01. The minimum atomic E-state index is -0.618. The van der Waals surface area contributed by atoms with Gasteiger partial charge in [0.05, 0.1) is 12.8 Å². The predicted molar refractivity (Wildman–Crippen MR) is 87.9 cm³/mol. The number of hydrogen-bond acceptors (Lipinski definition) is 4. The second kappa shape index (κ2) is 5.53. The lowest BCUT2D eigenvalue weighted by atomic mass is 10.0. The maximum Gasteiger partial charge on any atom is 0.205 e. The van der Waals surface area contributed by atoms with Crippen molar-refractivity contribution in [3.05, 3.63) is 59.2 Å². The molecule has 0 spiro atoms. The maximum atomic E-state index is 13.1. The van der Waals surface area contributed by atoms with E-state index in [1.807, 2.05) is 32.2 Å². The number of benzene rings is 1. The first-order valence-corrected chi connectivity index (χ1v) is 8.27. The topological polar surface area (TPSA) is 43.4 Å². The van der Waals surface area contributed by atoms with E-state index in [1.54, 1.807) is 6.20 Å². The van der Waals surface area contributed by atoms with Gasteiger partial charge in [-0.3, -0.25) is 4.98 Å². The molecule has 1 aromatic heterocycles. The van der Waals surface area contributed by atoms with Gasteiger partial charge < -0.3 is 14.8 Å². The molecule has 4 nitrogen and oxygen atoms in total. The molecule has 0 saturated heterocycles. The molecule has 5 heteroatoms. The van der Waals surface area contributed by atoms with Crippen LogP contribution in [0.5, 0.6) is 5.75 Å².